The third kappa shape index (κ3) is 2.84. The van der Waals surface area contributed by atoms with Crippen molar-refractivity contribution in [1.82, 2.24) is 14.8 Å². The lowest BCUT2D eigenvalue weighted by molar-refractivity contribution is -0.115. The molecule has 94 valence electrons. The lowest BCUT2D eigenvalue weighted by atomic mass is 10.2. The SMILES string of the molecule is O=C(CCCl)Nc1ccc(-n2cncn2)c(F)c1. The maximum absolute atomic E-state index is 13.8. The van der Waals surface area contributed by atoms with E-state index in [-0.39, 0.29) is 23.9 Å². The highest BCUT2D eigenvalue weighted by Crippen LogP contribution is 2.17. The Morgan fingerprint density at radius 1 is 1.50 bits per heavy atom. The molecule has 1 amide bonds. The van der Waals surface area contributed by atoms with Crippen LogP contribution >= 0.6 is 11.6 Å². The molecule has 0 saturated heterocycles. The highest BCUT2D eigenvalue weighted by molar-refractivity contribution is 6.19. The van der Waals surface area contributed by atoms with Crippen molar-refractivity contribution in [2.75, 3.05) is 11.2 Å². The molecule has 0 aliphatic carbocycles. The van der Waals surface area contributed by atoms with Gasteiger partial charge in [0.25, 0.3) is 0 Å². The Bertz CT molecular complexity index is 544. The predicted octanol–water partition coefficient (Wildman–Crippen LogP) is 1.97. The summed E-state index contributed by atoms with van der Waals surface area (Å²) in [6, 6.07) is 4.33. The second kappa shape index (κ2) is 5.59. The van der Waals surface area contributed by atoms with Crippen molar-refractivity contribution in [2.45, 2.75) is 6.42 Å². The summed E-state index contributed by atoms with van der Waals surface area (Å²) in [4.78, 5) is 15.0. The number of benzene rings is 1. The highest BCUT2D eigenvalue weighted by Gasteiger charge is 2.08. The smallest absolute Gasteiger partial charge is 0.225 e. The molecule has 0 atom stereocenters. The van der Waals surface area contributed by atoms with Crippen LogP contribution in [0.15, 0.2) is 30.9 Å². The molecular formula is C11H10ClFN4O. The normalized spacial score (nSPS) is 10.3. The van der Waals surface area contributed by atoms with Crippen LogP contribution in [0.3, 0.4) is 0 Å². The molecule has 0 bridgehead atoms. The largest absolute Gasteiger partial charge is 0.326 e. The molecule has 18 heavy (non-hydrogen) atoms. The van der Waals surface area contributed by atoms with Crippen molar-refractivity contribution in [3.63, 3.8) is 0 Å². The summed E-state index contributed by atoms with van der Waals surface area (Å²) in [5.74, 6) is -0.521. The molecule has 7 heteroatoms. The molecule has 1 heterocycles. The lowest BCUT2D eigenvalue weighted by Gasteiger charge is -2.07. The summed E-state index contributed by atoms with van der Waals surface area (Å²) in [5.41, 5.74) is 0.648. The van der Waals surface area contributed by atoms with Crippen molar-refractivity contribution in [3.8, 4) is 5.69 Å². The van der Waals surface area contributed by atoms with E-state index in [1.165, 1.54) is 29.5 Å². The molecule has 1 aromatic heterocycles. The predicted molar refractivity (Wildman–Crippen MR) is 65.3 cm³/mol. The number of hydrogen-bond donors (Lipinski definition) is 1. The highest BCUT2D eigenvalue weighted by atomic mass is 35.5. The fraction of sp³-hybridized carbons (Fsp3) is 0.182. The minimum atomic E-state index is -0.496. The Morgan fingerprint density at radius 2 is 2.33 bits per heavy atom. The monoisotopic (exact) mass is 268 g/mol. The first-order valence-electron chi connectivity index (χ1n) is 5.21. The number of nitrogens with one attached hydrogen (secondary N) is 1. The minimum Gasteiger partial charge on any atom is -0.326 e. The number of halogens is 2. The van der Waals surface area contributed by atoms with Gasteiger partial charge in [-0.3, -0.25) is 4.79 Å². The lowest BCUT2D eigenvalue weighted by Crippen LogP contribution is -2.12. The Morgan fingerprint density at radius 3 is 2.94 bits per heavy atom. The Hall–Kier alpha value is -1.95. The fourth-order valence-corrected chi connectivity index (χ4v) is 1.58. The zero-order valence-electron chi connectivity index (χ0n) is 9.31. The van der Waals surface area contributed by atoms with Gasteiger partial charge in [0.2, 0.25) is 5.91 Å². The molecule has 0 spiro atoms. The van der Waals surface area contributed by atoms with Crippen LogP contribution in [0.1, 0.15) is 6.42 Å². The van der Waals surface area contributed by atoms with E-state index in [0.717, 1.165) is 0 Å². The van der Waals surface area contributed by atoms with E-state index < -0.39 is 5.82 Å². The first-order chi connectivity index (χ1) is 8.70. The van der Waals surface area contributed by atoms with Crippen LogP contribution in [0.2, 0.25) is 0 Å². The molecule has 0 saturated carbocycles. The van der Waals surface area contributed by atoms with Crippen LogP contribution in [0.4, 0.5) is 10.1 Å². The van der Waals surface area contributed by atoms with Crippen molar-refractivity contribution >= 4 is 23.2 Å². The van der Waals surface area contributed by atoms with Gasteiger partial charge in [0.15, 0.2) is 5.82 Å². The summed E-state index contributed by atoms with van der Waals surface area (Å²) < 4.78 is 15.1. The van der Waals surface area contributed by atoms with E-state index in [9.17, 15) is 9.18 Å². The number of carbonyl (C=O) groups excluding carboxylic acids is 1. The van der Waals surface area contributed by atoms with Crippen molar-refractivity contribution in [3.05, 3.63) is 36.7 Å². The molecule has 5 nitrogen and oxygen atoms in total. The Balaban J connectivity index is 2.18. The molecule has 1 aromatic carbocycles. The van der Waals surface area contributed by atoms with Crippen LogP contribution in [0, 0.1) is 5.82 Å². The molecule has 0 fully saturated rings. The molecule has 2 aromatic rings. The van der Waals surface area contributed by atoms with Crippen molar-refractivity contribution in [1.29, 1.82) is 0 Å². The third-order valence-electron chi connectivity index (χ3n) is 2.22. The zero-order valence-corrected chi connectivity index (χ0v) is 10.1. The summed E-state index contributed by atoms with van der Waals surface area (Å²) >= 11 is 5.43. The number of anilines is 1. The van der Waals surface area contributed by atoms with Gasteiger partial charge in [0.05, 0.1) is 0 Å². The van der Waals surface area contributed by atoms with Gasteiger partial charge >= 0.3 is 0 Å². The molecule has 1 N–H and O–H groups in total. The number of alkyl halides is 1. The number of hydrogen-bond acceptors (Lipinski definition) is 3. The van der Waals surface area contributed by atoms with Gasteiger partial charge in [0.1, 0.15) is 18.3 Å². The maximum atomic E-state index is 13.8. The number of carbonyl (C=O) groups is 1. The summed E-state index contributed by atoms with van der Waals surface area (Å²) in [5, 5.41) is 6.38. The average molecular weight is 269 g/mol. The zero-order chi connectivity index (χ0) is 13.0. The van der Waals surface area contributed by atoms with E-state index in [2.05, 4.69) is 15.4 Å². The van der Waals surface area contributed by atoms with Crippen molar-refractivity contribution in [2.24, 2.45) is 0 Å². The maximum Gasteiger partial charge on any atom is 0.225 e. The van der Waals surface area contributed by atoms with Gasteiger partial charge in [-0.2, -0.15) is 5.10 Å². The van der Waals surface area contributed by atoms with Crippen LogP contribution in [0.25, 0.3) is 5.69 Å². The fourth-order valence-electron chi connectivity index (χ4n) is 1.41. The second-order valence-electron chi connectivity index (χ2n) is 3.49. The quantitative estimate of drug-likeness (QED) is 0.863. The first kappa shape index (κ1) is 12.5. The third-order valence-corrected chi connectivity index (χ3v) is 2.41. The first-order valence-corrected chi connectivity index (χ1v) is 5.74. The Labute approximate surface area is 108 Å². The minimum absolute atomic E-state index is 0.188. The van der Waals surface area contributed by atoms with E-state index in [4.69, 9.17) is 11.6 Å². The van der Waals surface area contributed by atoms with Gasteiger partial charge in [-0.1, -0.05) is 0 Å². The molecule has 0 radical (unpaired) electrons. The second-order valence-corrected chi connectivity index (χ2v) is 3.87. The van der Waals surface area contributed by atoms with E-state index in [1.54, 1.807) is 6.07 Å². The molecular weight excluding hydrogens is 259 g/mol. The van der Waals surface area contributed by atoms with Crippen LogP contribution < -0.4 is 5.32 Å². The van der Waals surface area contributed by atoms with Crippen LogP contribution in [-0.2, 0) is 4.79 Å². The molecule has 2 rings (SSSR count). The van der Waals surface area contributed by atoms with E-state index >= 15 is 0 Å². The van der Waals surface area contributed by atoms with Gasteiger partial charge in [-0.25, -0.2) is 14.1 Å². The summed E-state index contributed by atoms with van der Waals surface area (Å²) in [6.07, 6.45) is 2.90. The summed E-state index contributed by atoms with van der Waals surface area (Å²) in [6.45, 7) is 0. The van der Waals surface area contributed by atoms with Gasteiger partial charge in [-0.15, -0.1) is 11.6 Å². The molecule has 0 aliphatic heterocycles. The number of amides is 1. The number of nitrogens with zero attached hydrogens (tertiary/aromatic N) is 3. The number of rotatable bonds is 4. The van der Waals surface area contributed by atoms with Gasteiger partial charge < -0.3 is 5.32 Å². The topological polar surface area (TPSA) is 59.8 Å². The summed E-state index contributed by atoms with van der Waals surface area (Å²) in [7, 11) is 0. The molecule has 0 unspecified atom stereocenters. The van der Waals surface area contributed by atoms with E-state index in [0.29, 0.717) is 5.69 Å². The van der Waals surface area contributed by atoms with Crippen molar-refractivity contribution < 1.29 is 9.18 Å². The molecule has 0 aliphatic rings. The average Bonchev–Trinajstić information content (AvgIpc) is 2.82. The standard InChI is InChI=1S/C11H10ClFN4O/c12-4-3-11(18)16-8-1-2-10(9(13)5-8)17-7-14-6-15-17/h1-2,5-7H,3-4H2,(H,16,18). The van der Waals surface area contributed by atoms with Gasteiger partial charge in [0, 0.05) is 18.0 Å². The van der Waals surface area contributed by atoms with E-state index in [1.807, 2.05) is 0 Å². The van der Waals surface area contributed by atoms with Crippen LogP contribution in [0.5, 0.6) is 0 Å². The van der Waals surface area contributed by atoms with Crippen LogP contribution in [-0.4, -0.2) is 26.6 Å². The van der Waals surface area contributed by atoms with Gasteiger partial charge in [-0.05, 0) is 18.2 Å². The Kier molecular flexibility index (Phi) is 3.88. The number of aromatic nitrogens is 3.